The van der Waals surface area contributed by atoms with E-state index in [2.05, 4.69) is 21.4 Å². The van der Waals surface area contributed by atoms with Crippen molar-refractivity contribution < 1.29 is 18.8 Å². The number of nitrogens with zero attached hydrogens (tertiary/aromatic N) is 2. The molecule has 3 aromatic rings. The van der Waals surface area contributed by atoms with Gasteiger partial charge in [-0.1, -0.05) is 63.9 Å². The van der Waals surface area contributed by atoms with Gasteiger partial charge in [-0.2, -0.15) is 0 Å². The number of benzene rings is 3. The minimum Gasteiger partial charge on any atom is -0.274 e. The van der Waals surface area contributed by atoms with Gasteiger partial charge in [-0.05, 0) is 36.4 Å². The van der Waals surface area contributed by atoms with Crippen molar-refractivity contribution in [1.82, 2.24) is 10.4 Å². The maximum absolute atomic E-state index is 14.7. The normalized spacial score (nSPS) is 22.1. The van der Waals surface area contributed by atoms with Crippen LogP contribution >= 0.6 is 27.5 Å². The van der Waals surface area contributed by atoms with E-state index >= 15 is 0 Å². The van der Waals surface area contributed by atoms with Gasteiger partial charge in [-0.25, -0.2) is 14.7 Å². The second-order valence-electron chi connectivity index (χ2n) is 7.75. The molecule has 0 bridgehead atoms. The minimum atomic E-state index is -1.16. The highest BCUT2D eigenvalue weighted by Crippen LogP contribution is 2.44. The molecule has 2 fully saturated rings. The molecule has 0 aromatic heterocycles. The molecule has 33 heavy (non-hydrogen) atoms. The summed E-state index contributed by atoms with van der Waals surface area (Å²) in [7, 11) is 0. The highest BCUT2D eigenvalue weighted by Gasteiger charge is 2.61. The quantitative estimate of drug-likeness (QED) is 0.508. The molecule has 2 saturated heterocycles. The predicted molar refractivity (Wildman–Crippen MR) is 124 cm³/mol. The molecule has 2 aliphatic rings. The summed E-state index contributed by atoms with van der Waals surface area (Å²) in [5.74, 6) is -3.23. The Morgan fingerprint density at radius 2 is 1.70 bits per heavy atom. The monoisotopic (exact) mass is 527 g/mol. The van der Waals surface area contributed by atoms with Crippen LogP contribution in [0.4, 0.5) is 10.1 Å². The molecule has 166 valence electrons. The van der Waals surface area contributed by atoms with Crippen LogP contribution < -0.4 is 10.3 Å². The third-order valence-corrected chi connectivity index (χ3v) is 6.67. The van der Waals surface area contributed by atoms with E-state index in [1.807, 2.05) is 0 Å². The van der Waals surface area contributed by atoms with Crippen molar-refractivity contribution in [3.8, 4) is 0 Å². The second kappa shape index (κ2) is 8.37. The number of nitrogens with one attached hydrogen (secondary N) is 1. The maximum Gasteiger partial charge on any atom is 0.268 e. The number of fused-ring (bicyclic) bond motifs is 1. The van der Waals surface area contributed by atoms with Crippen molar-refractivity contribution >= 4 is 50.9 Å². The number of halogens is 3. The molecular formula is C24H16BrClFN3O3. The van der Waals surface area contributed by atoms with Gasteiger partial charge in [0.05, 0.1) is 22.7 Å². The molecule has 1 N–H and O–H groups in total. The summed E-state index contributed by atoms with van der Waals surface area (Å²) in [5.41, 5.74) is 3.67. The van der Waals surface area contributed by atoms with Crippen LogP contribution in [0.15, 0.2) is 77.3 Å². The van der Waals surface area contributed by atoms with Gasteiger partial charge in [-0.15, -0.1) is 0 Å². The van der Waals surface area contributed by atoms with Crippen molar-refractivity contribution in [2.75, 3.05) is 4.90 Å². The van der Waals surface area contributed by atoms with Gasteiger partial charge in [0.15, 0.2) is 0 Å². The average molecular weight is 529 g/mol. The predicted octanol–water partition coefficient (Wildman–Crippen LogP) is 4.50. The first-order chi connectivity index (χ1) is 15.9. The number of imide groups is 1. The first kappa shape index (κ1) is 21.8. The van der Waals surface area contributed by atoms with Crippen molar-refractivity contribution in [3.63, 3.8) is 0 Å². The number of amides is 3. The second-order valence-corrected chi connectivity index (χ2v) is 9.07. The summed E-state index contributed by atoms with van der Waals surface area (Å²) in [4.78, 5) is 41.5. The molecule has 3 atom stereocenters. The zero-order valence-corrected chi connectivity index (χ0v) is 19.3. The van der Waals surface area contributed by atoms with E-state index in [0.29, 0.717) is 10.0 Å². The van der Waals surface area contributed by atoms with Crippen LogP contribution in [0.3, 0.4) is 0 Å². The minimum absolute atomic E-state index is 0.194. The molecular weight excluding hydrogens is 513 g/mol. The lowest BCUT2D eigenvalue weighted by Gasteiger charge is -2.25. The van der Waals surface area contributed by atoms with Crippen LogP contribution in [-0.2, 0) is 9.59 Å². The molecule has 3 amide bonds. The van der Waals surface area contributed by atoms with E-state index in [1.165, 1.54) is 18.2 Å². The van der Waals surface area contributed by atoms with Crippen LogP contribution in [0.5, 0.6) is 0 Å². The number of carbonyl (C=O) groups is 3. The lowest BCUT2D eigenvalue weighted by Crippen LogP contribution is -2.48. The highest BCUT2D eigenvalue weighted by atomic mass is 79.9. The number of hydrogen-bond donors (Lipinski definition) is 1. The van der Waals surface area contributed by atoms with E-state index < -0.39 is 41.5 Å². The molecule has 2 aliphatic heterocycles. The standard InChI is InChI=1S/C24H16BrClFN3O3/c25-14-7-5-6-13(12-14)22(31)30-21-19(20(28-30)15-8-1-3-10-17(15)27)23(32)29(24(21)33)18-11-4-2-9-16(18)26/h1-12,19-21,28H. The Hall–Kier alpha value is -3.07. The summed E-state index contributed by atoms with van der Waals surface area (Å²) in [6, 6.07) is 17.1. The summed E-state index contributed by atoms with van der Waals surface area (Å²) in [5, 5.41) is 1.36. The summed E-state index contributed by atoms with van der Waals surface area (Å²) >= 11 is 9.61. The fourth-order valence-electron chi connectivity index (χ4n) is 4.39. The van der Waals surface area contributed by atoms with Crippen LogP contribution in [0.2, 0.25) is 5.02 Å². The summed E-state index contributed by atoms with van der Waals surface area (Å²) < 4.78 is 15.4. The van der Waals surface area contributed by atoms with Crippen molar-refractivity contribution in [2.24, 2.45) is 5.92 Å². The molecule has 3 unspecified atom stereocenters. The Morgan fingerprint density at radius 1 is 0.970 bits per heavy atom. The van der Waals surface area contributed by atoms with Crippen LogP contribution in [0.25, 0.3) is 0 Å². The third kappa shape index (κ3) is 3.55. The SMILES string of the molecule is O=C1C2C(c3ccccc3F)NN(C(=O)c3cccc(Br)c3)C2C(=O)N1c1ccccc1Cl. The van der Waals surface area contributed by atoms with E-state index in [1.54, 1.807) is 54.6 Å². The van der Waals surface area contributed by atoms with E-state index in [9.17, 15) is 18.8 Å². The van der Waals surface area contributed by atoms with Crippen LogP contribution in [0.1, 0.15) is 22.0 Å². The zero-order chi connectivity index (χ0) is 23.3. The number of rotatable bonds is 3. The summed E-state index contributed by atoms with van der Waals surface area (Å²) in [6.07, 6.45) is 0. The van der Waals surface area contributed by atoms with E-state index in [4.69, 9.17) is 11.6 Å². The third-order valence-electron chi connectivity index (χ3n) is 5.86. The maximum atomic E-state index is 14.7. The van der Waals surface area contributed by atoms with Gasteiger partial charge in [-0.3, -0.25) is 19.4 Å². The molecule has 0 saturated carbocycles. The van der Waals surface area contributed by atoms with E-state index in [0.717, 1.165) is 9.91 Å². The molecule has 3 aromatic carbocycles. The van der Waals surface area contributed by atoms with Crippen molar-refractivity contribution in [3.05, 3.63) is 99.2 Å². The Labute approximate surface area is 202 Å². The molecule has 0 spiro atoms. The molecule has 5 rings (SSSR count). The van der Waals surface area contributed by atoms with Crippen LogP contribution in [-0.4, -0.2) is 28.8 Å². The number of anilines is 1. The van der Waals surface area contributed by atoms with Crippen LogP contribution in [0, 0.1) is 11.7 Å². The Balaban J connectivity index is 1.62. The number of para-hydroxylation sites is 1. The largest absolute Gasteiger partial charge is 0.274 e. The van der Waals surface area contributed by atoms with E-state index in [-0.39, 0.29) is 16.3 Å². The molecule has 2 heterocycles. The number of hydrogen-bond acceptors (Lipinski definition) is 4. The van der Waals surface area contributed by atoms with Gasteiger partial charge >= 0.3 is 0 Å². The van der Waals surface area contributed by atoms with Gasteiger partial charge in [0.25, 0.3) is 11.8 Å². The number of hydrazine groups is 1. The highest BCUT2D eigenvalue weighted by molar-refractivity contribution is 9.10. The van der Waals surface area contributed by atoms with Crippen molar-refractivity contribution in [2.45, 2.75) is 12.1 Å². The van der Waals surface area contributed by atoms with Gasteiger partial charge in [0, 0.05) is 15.6 Å². The molecule has 0 aliphatic carbocycles. The average Bonchev–Trinajstić information content (AvgIpc) is 3.31. The van der Waals surface area contributed by atoms with Gasteiger partial charge in [0.1, 0.15) is 11.9 Å². The zero-order valence-electron chi connectivity index (χ0n) is 16.9. The first-order valence-electron chi connectivity index (χ1n) is 10.1. The Bertz CT molecular complexity index is 1300. The van der Waals surface area contributed by atoms with Gasteiger partial charge in [0.2, 0.25) is 5.91 Å². The summed E-state index contributed by atoms with van der Waals surface area (Å²) in [6.45, 7) is 0. The lowest BCUT2D eigenvalue weighted by atomic mass is 9.90. The molecule has 9 heteroatoms. The smallest absolute Gasteiger partial charge is 0.268 e. The fourth-order valence-corrected chi connectivity index (χ4v) is 5.01. The Kier molecular flexibility index (Phi) is 5.52. The fraction of sp³-hybridized carbons (Fsp3) is 0.125. The first-order valence-corrected chi connectivity index (χ1v) is 11.3. The molecule has 0 radical (unpaired) electrons. The Morgan fingerprint density at radius 3 is 2.42 bits per heavy atom. The van der Waals surface area contributed by atoms with Gasteiger partial charge < -0.3 is 0 Å². The topological polar surface area (TPSA) is 69.7 Å². The van der Waals surface area contributed by atoms with Crippen molar-refractivity contribution in [1.29, 1.82) is 0 Å². The number of carbonyl (C=O) groups excluding carboxylic acids is 3. The lowest BCUT2D eigenvalue weighted by molar-refractivity contribution is -0.123. The molecule has 6 nitrogen and oxygen atoms in total.